The summed E-state index contributed by atoms with van der Waals surface area (Å²) in [5.41, 5.74) is -0.555. The Bertz CT molecular complexity index is 578. The molecule has 1 amide bonds. The van der Waals surface area contributed by atoms with E-state index in [-0.39, 0.29) is 41.1 Å². The van der Waals surface area contributed by atoms with Crippen molar-refractivity contribution in [1.29, 1.82) is 0 Å². The summed E-state index contributed by atoms with van der Waals surface area (Å²) >= 11 is 0. The Labute approximate surface area is 123 Å². The lowest BCUT2D eigenvalue weighted by molar-refractivity contribution is -0.123. The third-order valence-electron chi connectivity index (χ3n) is 2.82. The number of carbonyl (C=O) groups excluding carboxylic acids is 3. The van der Waals surface area contributed by atoms with E-state index < -0.39 is 11.4 Å². The van der Waals surface area contributed by atoms with Crippen LogP contribution in [0.4, 0.5) is 5.88 Å². The number of rotatable bonds is 4. The second-order valence-corrected chi connectivity index (χ2v) is 5.72. The number of hydrogen-bond donors (Lipinski definition) is 1. The molecule has 1 N–H and O–H groups in total. The van der Waals surface area contributed by atoms with Crippen LogP contribution < -0.4 is 5.32 Å². The third-order valence-corrected chi connectivity index (χ3v) is 2.82. The van der Waals surface area contributed by atoms with Gasteiger partial charge >= 0.3 is 5.97 Å². The highest BCUT2D eigenvalue weighted by atomic mass is 16.5. The second kappa shape index (κ2) is 6.11. The summed E-state index contributed by atoms with van der Waals surface area (Å²) in [6.45, 7) is 9.90. The van der Waals surface area contributed by atoms with Gasteiger partial charge in [0.25, 0.3) is 0 Å². The summed E-state index contributed by atoms with van der Waals surface area (Å²) in [6, 6.07) is 0. The van der Waals surface area contributed by atoms with Gasteiger partial charge in [0.05, 0.1) is 12.2 Å². The molecule has 6 nitrogen and oxygen atoms in total. The highest BCUT2D eigenvalue weighted by molar-refractivity contribution is 6.11. The molecule has 0 spiro atoms. The number of anilines is 1. The average molecular weight is 295 g/mol. The van der Waals surface area contributed by atoms with Crippen molar-refractivity contribution in [3.05, 3.63) is 16.9 Å². The zero-order chi connectivity index (χ0) is 16.4. The minimum Gasteiger partial charge on any atom is -0.462 e. The van der Waals surface area contributed by atoms with Gasteiger partial charge in [-0.3, -0.25) is 14.9 Å². The van der Waals surface area contributed by atoms with E-state index in [4.69, 9.17) is 9.15 Å². The molecule has 0 aliphatic carbocycles. The Kier molecular flexibility index (Phi) is 4.93. The van der Waals surface area contributed by atoms with Gasteiger partial charge in [0.15, 0.2) is 5.78 Å². The van der Waals surface area contributed by atoms with Gasteiger partial charge in [-0.05, 0) is 20.8 Å². The molecule has 0 atom stereocenters. The Morgan fingerprint density at radius 3 is 2.19 bits per heavy atom. The molecule has 6 heteroatoms. The van der Waals surface area contributed by atoms with Crippen LogP contribution in [-0.2, 0) is 9.53 Å². The summed E-state index contributed by atoms with van der Waals surface area (Å²) < 4.78 is 10.3. The molecule has 0 saturated heterocycles. The smallest absolute Gasteiger partial charge is 0.344 e. The predicted molar refractivity (Wildman–Crippen MR) is 77.5 cm³/mol. The maximum atomic E-state index is 12.0. The largest absolute Gasteiger partial charge is 0.462 e. The molecule has 0 bridgehead atoms. The monoisotopic (exact) mass is 295 g/mol. The first-order valence-corrected chi connectivity index (χ1v) is 6.72. The molecule has 0 saturated carbocycles. The van der Waals surface area contributed by atoms with Crippen LogP contribution in [0.2, 0.25) is 0 Å². The Morgan fingerprint density at radius 2 is 1.76 bits per heavy atom. The molecule has 1 aromatic heterocycles. The van der Waals surface area contributed by atoms with Crippen LogP contribution in [0.1, 0.15) is 61.1 Å². The zero-order valence-corrected chi connectivity index (χ0v) is 13.2. The van der Waals surface area contributed by atoms with Crippen molar-refractivity contribution in [3.8, 4) is 0 Å². The minimum atomic E-state index is -0.691. The van der Waals surface area contributed by atoms with Crippen molar-refractivity contribution in [3.63, 3.8) is 0 Å². The molecule has 1 aromatic rings. The first-order valence-electron chi connectivity index (χ1n) is 6.72. The maximum Gasteiger partial charge on any atom is 0.344 e. The van der Waals surface area contributed by atoms with Crippen molar-refractivity contribution < 1.29 is 23.5 Å². The summed E-state index contributed by atoms with van der Waals surface area (Å²) in [4.78, 5) is 35.8. The molecule has 1 rings (SSSR count). The summed E-state index contributed by atoms with van der Waals surface area (Å²) in [5.74, 6) is -1.11. The number of nitrogens with one attached hydrogen (secondary N) is 1. The summed E-state index contributed by atoms with van der Waals surface area (Å²) in [5, 5.41) is 2.55. The number of ketones is 1. The van der Waals surface area contributed by atoms with Crippen LogP contribution in [0.25, 0.3) is 0 Å². The van der Waals surface area contributed by atoms with Crippen molar-refractivity contribution >= 4 is 23.5 Å². The van der Waals surface area contributed by atoms with E-state index >= 15 is 0 Å². The number of esters is 1. The van der Waals surface area contributed by atoms with Gasteiger partial charge in [-0.1, -0.05) is 20.8 Å². The Balaban J connectivity index is 3.32. The van der Waals surface area contributed by atoms with E-state index in [0.29, 0.717) is 0 Å². The highest BCUT2D eigenvalue weighted by Gasteiger charge is 2.31. The predicted octanol–water partition coefficient (Wildman–Crippen LogP) is 2.95. The van der Waals surface area contributed by atoms with E-state index in [9.17, 15) is 14.4 Å². The number of aryl methyl sites for hydroxylation is 1. The minimum absolute atomic E-state index is 0.0283. The number of hydrogen-bond acceptors (Lipinski definition) is 5. The molecule has 0 aromatic carbocycles. The van der Waals surface area contributed by atoms with Crippen LogP contribution in [-0.4, -0.2) is 24.3 Å². The summed E-state index contributed by atoms with van der Waals surface area (Å²) in [6.07, 6.45) is 0. The van der Waals surface area contributed by atoms with E-state index in [1.165, 1.54) is 6.92 Å². The first kappa shape index (κ1) is 16.9. The topological polar surface area (TPSA) is 85.6 Å². The van der Waals surface area contributed by atoms with Gasteiger partial charge in [-0.2, -0.15) is 0 Å². The normalized spacial score (nSPS) is 11.1. The van der Waals surface area contributed by atoms with Crippen molar-refractivity contribution in [2.45, 2.75) is 41.5 Å². The fraction of sp³-hybridized carbons (Fsp3) is 0.533. The Morgan fingerprint density at radius 1 is 1.19 bits per heavy atom. The van der Waals surface area contributed by atoms with Gasteiger partial charge < -0.3 is 9.15 Å². The number of furan rings is 1. The molecule has 0 unspecified atom stereocenters. The van der Waals surface area contributed by atoms with Crippen molar-refractivity contribution in [2.75, 3.05) is 11.9 Å². The SMILES string of the molecule is CCOC(=O)c1c(NC(=O)C(C)(C)C)oc(C)c1C(C)=O. The zero-order valence-electron chi connectivity index (χ0n) is 13.2. The maximum absolute atomic E-state index is 12.0. The van der Waals surface area contributed by atoms with Crippen LogP contribution in [0.15, 0.2) is 4.42 Å². The number of amides is 1. The Hall–Kier alpha value is -2.11. The molecule has 0 radical (unpaired) electrons. The molecule has 21 heavy (non-hydrogen) atoms. The van der Waals surface area contributed by atoms with Gasteiger partial charge in [0.1, 0.15) is 11.3 Å². The van der Waals surface area contributed by atoms with Crippen molar-refractivity contribution in [2.24, 2.45) is 5.41 Å². The quantitative estimate of drug-likeness (QED) is 0.681. The van der Waals surface area contributed by atoms with Gasteiger partial charge in [0, 0.05) is 5.41 Å². The van der Waals surface area contributed by atoms with Gasteiger partial charge in [-0.15, -0.1) is 0 Å². The standard InChI is InChI=1S/C15H21NO5/c1-7-20-13(18)11-10(8(2)17)9(3)21-12(11)16-14(19)15(4,5)6/h7H2,1-6H3,(H,16,19). The number of ether oxygens (including phenoxy) is 1. The molecule has 0 fully saturated rings. The number of Topliss-reactive ketones (excluding diaryl/α,β-unsaturated/α-hetero) is 1. The molecule has 1 heterocycles. The second-order valence-electron chi connectivity index (χ2n) is 5.72. The summed E-state index contributed by atoms with van der Waals surface area (Å²) in [7, 11) is 0. The lowest BCUT2D eigenvalue weighted by Crippen LogP contribution is -2.28. The molecule has 0 aliphatic rings. The molecular weight excluding hydrogens is 274 g/mol. The lowest BCUT2D eigenvalue weighted by Gasteiger charge is -2.16. The van der Waals surface area contributed by atoms with Crippen LogP contribution in [0, 0.1) is 12.3 Å². The fourth-order valence-electron chi connectivity index (χ4n) is 1.75. The fourth-order valence-corrected chi connectivity index (χ4v) is 1.75. The molecular formula is C15H21NO5. The highest BCUT2D eigenvalue weighted by Crippen LogP contribution is 2.30. The van der Waals surface area contributed by atoms with Crippen LogP contribution in [0.5, 0.6) is 0 Å². The van der Waals surface area contributed by atoms with E-state index in [2.05, 4.69) is 5.32 Å². The van der Waals surface area contributed by atoms with Crippen molar-refractivity contribution in [1.82, 2.24) is 0 Å². The average Bonchev–Trinajstić information content (AvgIpc) is 2.64. The van der Waals surface area contributed by atoms with E-state index in [1.807, 2.05) is 0 Å². The molecule has 0 aliphatic heterocycles. The van der Waals surface area contributed by atoms with Crippen LogP contribution >= 0.6 is 0 Å². The third kappa shape index (κ3) is 3.71. The molecule has 116 valence electrons. The first-order chi connectivity index (χ1) is 9.59. The van der Waals surface area contributed by atoms with E-state index in [1.54, 1.807) is 34.6 Å². The van der Waals surface area contributed by atoms with Gasteiger partial charge in [-0.25, -0.2) is 4.79 Å². The van der Waals surface area contributed by atoms with Gasteiger partial charge in [0.2, 0.25) is 11.8 Å². The number of carbonyl (C=O) groups is 3. The van der Waals surface area contributed by atoms with E-state index in [0.717, 1.165) is 0 Å². The van der Waals surface area contributed by atoms with Crippen LogP contribution in [0.3, 0.4) is 0 Å². The lowest BCUT2D eigenvalue weighted by atomic mass is 9.95.